The van der Waals surface area contributed by atoms with Gasteiger partial charge in [0.1, 0.15) is 28.4 Å². The van der Waals surface area contributed by atoms with Crippen molar-refractivity contribution in [3.8, 4) is 62.6 Å². The van der Waals surface area contributed by atoms with Gasteiger partial charge in [-0.15, -0.1) is 0 Å². The average molecular weight is 734 g/mol. The summed E-state index contributed by atoms with van der Waals surface area (Å²) in [7, 11) is 0. The van der Waals surface area contributed by atoms with Crippen LogP contribution in [0.5, 0.6) is 11.5 Å². The molecule has 0 spiro atoms. The van der Waals surface area contributed by atoms with Gasteiger partial charge in [0.15, 0.2) is 17.5 Å². The van der Waals surface area contributed by atoms with E-state index in [1.165, 1.54) is 0 Å². The Bertz CT molecular complexity index is 3280. The number of hydrogen-bond donors (Lipinski definition) is 0. The number of aromatic nitrogens is 5. The largest absolute Gasteiger partial charge is 0.457 e. The highest BCUT2D eigenvalue weighted by Gasteiger charge is 2.21. The van der Waals surface area contributed by atoms with E-state index in [9.17, 15) is 0 Å². The van der Waals surface area contributed by atoms with Gasteiger partial charge in [0, 0.05) is 27.3 Å². The molecule has 0 saturated heterocycles. The normalized spacial score (nSPS) is 11.5. The van der Waals surface area contributed by atoms with E-state index in [0.29, 0.717) is 34.6 Å². The van der Waals surface area contributed by atoms with Crippen molar-refractivity contribution < 1.29 is 9.15 Å². The molecular weight excluding hydrogens is 703 g/mol. The molecule has 11 rings (SSSR count). The van der Waals surface area contributed by atoms with E-state index >= 15 is 0 Å². The Labute approximate surface area is 327 Å². The summed E-state index contributed by atoms with van der Waals surface area (Å²) in [5, 5.41) is 10.7. The van der Waals surface area contributed by atoms with Crippen LogP contribution >= 0.6 is 0 Å². The molecule has 0 aliphatic carbocycles. The lowest BCUT2D eigenvalue weighted by Gasteiger charge is -2.13. The molecule has 3 heterocycles. The van der Waals surface area contributed by atoms with Gasteiger partial charge in [-0.3, -0.25) is 0 Å². The Morgan fingerprint density at radius 3 is 2.00 bits per heavy atom. The minimum atomic E-state index is 0.477. The molecule has 0 N–H and O–H groups in total. The maximum absolute atomic E-state index is 6.49. The lowest BCUT2D eigenvalue weighted by atomic mass is 10.00. The van der Waals surface area contributed by atoms with Gasteiger partial charge in [0.05, 0.1) is 22.3 Å². The van der Waals surface area contributed by atoms with E-state index in [0.717, 1.165) is 71.7 Å². The molecule has 0 amide bonds. The van der Waals surface area contributed by atoms with Gasteiger partial charge in [-0.2, -0.15) is 5.10 Å². The summed E-state index contributed by atoms with van der Waals surface area (Å²) in [6, 6.07) is 63.1. The third kappa shape index (κ3) is 5.68. The second kappa shape index (κ2) is 13.4. The smallest absolute Gasteiger partial charge is 0.167 e. The van der Waals surface area contributed by atoms with Gasteiger partial charge in [-0.25, -0.2) is 19.6 Å². The number of nitrogens with zero attached hydrogens (tertiary/aromatic N) is 5. The van der Waals surface area contributed by atoms with Crippen molar-refractivity contribution in [3.05, 3.63) is 188 Å². The van der Waals surface area contributed by atoms with Crippen LogP contribution in [0.2, 0.25) is 0 Å². The van der Waals surface area contributed by atoms with E-state index in [1.54, 1.807) is 0 Å². The Morgan fingerprint density at radius 2 is 1.12 bits per heavy atom. The fourth-order valence-electron chi connectivity index (χ4n) is 7.69. The summed E-state index contributed by atoms with van der Waals surface area (Å²) in [6.45, 7) is 0. The van der Waals surface area contributed by atoms with Crippen LogP contribution in [0.3, 0.4) is 0 Å². The molecule has 0 radical (unpaired) electrons. The molecule has 7 nitrogen and oxygen atoms in total. The predicted molar refractivity (Wildman–Crippen MR) is 227 cm³/mol. The highest BCUT2D eigenvalue weighted by Crippen LogP contribution is 2.39. The van der Waals surface area contributed by atoms with Crippen LogP contribution in [-0.2, 0) is 0 Å². The Hall–Kier alpha value is -7.90. The van der Waals surface area contributed by atoms with Crippen LogP contribution < -0.4 is 4.74 Å². The van der Waals surface area contributed by atoms with E-state index in [1.807, 2.05) is 120 Å². The minimum absolute atomic E-state index is 0.477. The first-order valence-electron chi connectivity index (χ1n) is 18.8. The first kappa shape index (κ1) is 32.5. The maximum atomic E-state index is 6.49. The number of para-hydroxylation sites is 5. The Morgan fingerprint density at radius 1 is 0.474 bits per heavy atom. The minimum Gasteiger partial charge on any atom is -0.457 e. The lowest BCUT2D eigenvalue weighted by molar-refractivity contribution is 0.484. The number of benzene rings is 8. The van der Waals surface area contributed by atoms with E-state index < -0.39 is 0 Å². The maximum Gasteiger partial charge on any atom is 0.167 e. The van der Waals surface area contributed by atoms with Crippen LogP contribution in [0, 0.1) is 0 Å². The standard InChI is InChI=1S/C50H31N5O2/c1-3-18-35(19-4-1)55-42-30-29-32-15-7-8-22-37(32)45(42)46(54-55)33-16-13-17-34(31-33)48-51-49(40-24-10-12-28-44(40)56-36-20-5-2-6-21-36)53-50(52-48)41-26-14-25-39-38-23-9-11-27-43(38)57-47(39)41/h1-31H. The summed E-state index contributed by atoms with van der Waals surface area (Å²) in [5.74, 6) is 2.83. The van der Waals surface area contributed by atoms with Gasteiger partial charge in [-0.05, 0) is 71.4 Å². The number of fused-ring (bicyclic) bond motifs is 6. The lowest BCUT2D eigenvalue weighted by Crippen LogP contribution is -2.01. The van der Waals surface area contributed by atoms with Gasteiger partial charge < -0.3 is 9.15 Å². The van der Waals surface area contributed by atoms with Crippen molar-refractivity contribution in [2.24, 2.45) is 0 Å². The topological polar surface area (TPSA) is 78.9 Å². The van der Waals surface area contributed by atoms with E-state index in [-0.39, 0.29) is 0 Å². The third-order valence-electron chi connectivity index (χ3n) is 10.3. The average Bonchev–Trinajstić information content (AvgIpc) is 3.87. The quantitative estimate of drug-likeness (QED) is 0.162. The van der Waals surface area contributed by atoms with Gasteiger partial charge in [-0.1, -0.05) is 127 Å². The number of hydrogen-bond acceptors (Lipinski definition) is 6. The number of ether oxygens (including phenoxy) is 1. The fraction of sp³-hybridized carbons (Fsp3) is 0. The second-order valence-electron chi connectivity index (χ2n) is 13.9. The van der Waals surface area contributed by atoms with Crippen molar-refractivity contribution >= 4 is 43.6 Å². The van der Waals surface area contributed by atoms with Gasteiger partial charge >= 0.3 is 0 Å². The molecule has 8 aromatic carbocycles. The van der Waals surface area contributed by atoms with E-state index in [4.69, 9.17) is 29.2 Å². The SMILES string of the molecule is c1ccc(Oc2ccccc2-c2nc(-c3cccc(-c4nn(-c5ccccc5)c5ccc6ccccc6c45)c3)nc(-c3cccc4c3oc3ccccc34)n2)cc1. The van der Waals surface area contributed by atoms with Crippen LogP contribution in [0.15, 0.2) is 192 Å². The number of furan rings is 1. The summed E-state index contributed by atoms with van der Waals surface area (Å²) in [6.07, 6.45) is 0. The molecule has 3 aromatic heterocycles. The van der Waals surface area contributed by atoms with Crippen molar-refractivity contribution in [1.82, 2.24) is 24.7 Å². The van der Waals surface area contributed by atoms with Gasteiger partial charge in [0.25, 0.3) is 0 Å². The highest BCUT2D eigenvalue weighted by molar-refractivity contribution is 6.13. The first-order chi connectivity index (χ1) is 28.2. The predicted octanol–water partition coefficient (Wildman–Crippen LogP) is 12.7. The molecule has 0 bridgehead atoms. The van der Waals surface area contributed by atoms with Crippen molar-refractivity contribution in [2.45, 2.75) is 0 Å². The summed E-state index contributed by atoms with van der Waals surface area (Å²) < 4.78 is 14.9. The molecule has 7 heteroatoms. The highest BCUT2D eigenvalue weighted by atomic mass is 16.5. The molecule has 0 atom stereocenters. The molecule has 0 unspecified atom stereocenters. The van der Waals surface area contributed by atoms with Crippen LogP contribution in [0.1, 0.15) is 0 Å². The van der Waals surface area contributed by atoms with Crippen molar-refractivity contribution in [1.29, 1.82) is 0 Å². The summed E-state index contributed by atoms with van der Waals surface area (Å²) in [4.78, 5) is 15.5. The van der Waals surface area contributed by atoms with Gasteiger partial charge in [0.2, 0.25) is 0 Å². The summed E-state index contributed by atoms with van der Waals surface area (Å²) in [5.41, 5.74) is 7.67. The van der Waals surface area contributed by atoms with Crippen LogP contribution in [-0.4, -0.2) is 24.7 Å². The Kier molecular flexibility index (Phi) is 7.67. The van der Waals surface area contributed by atoms with Crippen LogP contribution in [0.4, 0.5) is 0 Å². The zero-order chi connectivity index (χ0) is 37.7. The molecular formula is C50H31N5O2. The molecule has 11 aromatic rings. The molecule has 0 aliphatic heterocycles. The number of rotatable bonds is 7. The van der Waals surface area contributed by atoms with Crippen LogP contribution in [0.25, 0.3) is 94.7 Å². The van der Waals surface area contributed by atoms with E-state index in [2.05, 4.69) is 72.8 Å². The molecule has 57 heavy (non-hydrogen) atoms. The van der Waals surface area contributed by atoms with Crippen molar-refractivity contribution in [2.75, 3.05) is 0 Å². The monoisotopic (exact) mass is 733 g/mol. The first-order valence-corrected chi connectivity index (χ1v) is 18.8. The summed E-state index contributed by atoms with van der Waals surface area (Å²) >= 11 is 0. The second-order valence-corrected chi connectivity index (χ2v) is 13.9. The molecule has 0 fully saturated rings. The van der Waals surface area contributed by atoms with Crippen molar-refractivity contribution in [3.63, 3.8) is 0 Å². The zero-order valence-electron chi connectivity index (χ0n) is 30.5. The Balaban J connectivity index is 1.13. The zero-order valence-corrected chi connectivity index (χ0v) is 30.5. The third-order valence-corrected chi connectivity index (χ3v) is 10.3. The molecule has 268 valence electrons. The fourth-order valence-corrected chi connectivity index (χ4v) is 7.69. The molecule has 0 saturated carbocycles. The molecule has 0 aliphatic rings.